The fourth-order valence-corrected chi connectivity index (χ4v) is 0.900. The minimum absolute atomic E-state index is 0.248. The van der Waals surface area contributed by atoms with Crippen LogP contribution in [0.4, 0.5) is 4.39 Å². The second-order valence-electron chi connectivity index (χ2n) is 2.90. The summed E-state index contributed by atoms with van der Waals surface area (Å²) >= 11 is 0. The van der Waals surface area contributed by atoms with Crippen LogP contribution in [0, 0.1) is 5.82 Å². The highest BCUT2D eigenvalue weighted by Crippen LogP contribution is 2.02. The van der Waals surface area contributed by atoms with Gasteiger partial charge >= 0.3 is 0 Å². The molecule has 0 atom stereocenters. The molecule has 1 aromatic rings. The molecule has 0 saturated carbocycles. The van der Waals surface area contributed by atoms with E-state index in [-0.39, 0.29) is 18.1 Å². The number of carbonyl (C=O) groups excluding carboxylic acids is 2. The molecule has 2 amide bonds. The molecule has 0 radical (unpaired) electrons. The Hall–Kier alpha value is -1.95. The van der Waals surface area contributed by atoms with Crippen molar-refractivity contribution in [3.05, 3.63) is 35.6 Å². The second-order valence-corrected chi connectivity index (χ2v) is 2.90. The van der Waals surface area contributed by atoms with Gasteiger partial charge < -0.3 is 5.32 Å². The lowest BCUT2D eigenvalue weighted by atomic mass is 10.2. The molecule has 0 unspecified atom stereocenters. The molecule has 0 aromatic heterocycles. The maximum absolute atomic E-state index is 12.5. The molecule has 0 heterocycles. The van der Waals surface area contributed by atoms with Crippen molar-refractivity contribution in [3.8, 4) is 0 Å². The minimum Gasteiger partial charge on any atom is -0.357 e. The SMILES string of the molecule is CNC(=O)CONC(=O)c1ccc(F)cc1. The fourth-order valence-electron chi connectivity index (χ4n) is 0.900. The third-order valence-electron chi connectivity index (χ3n) is 1.75. The van der Waals surface area contributed by atoms with Crippen molar-refractivity contribution in [1.82, 2.24) is 10.8 Å². The van der Waals surface area contributed by atoms with Crippen LogP contribution in [0.3, 0.4) is 0 Å². The van der Waals surface area contributed by atoms with Gasteiger partial charge in [0.1, 0.15) is 5.82 Å². The number of rotatable bonds is 4. The number of halogens is 1. The molecule has 86 valence electrons. The van der Waals surface area contributed by atoms with E-state index in [1.807, 2.05) is 0 Å². The monoisotopic (exact) mass is 226 g/mol. The summed E-state index contributed by atoms with van der Waals surface area (Å²) < 4.78 is 12.5. The molecule has 0 fully saturated rings. The van der Waals surface area contributed by atoms with Gasteiger partial charge in [0.15, 0.2) is 6.61 Å². The van der Waals surface area contributed by atoms with Gasteiger partial charge in [0, 0.05) is 12.6 Å². The van der Waals surface area contributed by atoms with E-state index in [2.05, 4.69) is 15.6 Å². The van der Waals surface area contributed by atoms with Gasteiger partial charge in [-0.05, 0) is 24.3 Å². The van der Waals surface area contributed by atoms with Gasteiger partial charge in [0.05, 0.1) is 0 Å². The van der Waals surface area contributed by atoms with Crippen molar-refractivity contribution in [2.45, 2.75) is 0 Å². The van der Waals surface area contributed by atoms with E-state index in [0.717, 1.165) is 12.1 Å². The number of amides is 2. The van der Waals surface area contributed by atoms with Gasteiger partial charge in [0.25, 0.3) is 5.91 Å². The van der Waals surface area contributed by atoms with Crippen molar-refractivity contribution in [1.29, 1.82) is 0 Å². The number of benzene rings is 1. The molecule has 5 nitrogen and oxygen atoms in total. The fraction of sp³-hybridized carbons (Fsp3) is 0.200. The van der Waals surface area contributed by atoms with E-state index in [0.29, 0.717) is 0 Å². The van der Waals surface area contributed by atoms with E-state index in [1.54, 1.807) is 0 Å². The van der Waals surface area contributed by atoms with E-state index >= 15 is 0 Å². The van der Waals surface area contributed by atoms with Crippen molar-refractivity contribution in [3.63, 3.8) is 0 Å². The molecule has 1 rings (SSSR count). The summed E-state index contributed by atoms with van der Waals surface area (Å²) in [5.41, 5.74) is 2.31. The molecule has 0 aliphatic carbocycles. The zero-order chi connectivity index (χ0) is 12.0. The van der Waals surface area contributed by atoms with E-state index in [9.17, 15) is 14.0 Å². The summed E-state index contributed by atoms with van der Waals surface area (Å²) in [6, 6.07) is 4.95. The summed E-state index contributed by atoms with van der Waals surface area (Å²) in [5, 5.41) is 2.32. The summed E-state index contributed by atoms with van der Waals surface area (Å²) in [6.45, 7) is -0.274. The standard InChI is InChI=1S/C10H11FN2O3/c1-12-9(14)6-16-13-10(15)7-2-4-8(11)5-3-7/h2-5H,6H2,1H3,(H,12,14)(H,13,15). The van der Waals surface area contributed by atoms with Crippen LogP contribution < -0.4 is 10.8 Å². The second kappa shape index (κ2) is 5.82. The molecule has 2 N–H and O–H groups in total. The Morgan fingerprint density at radius 2 is 1.94 bits per heavy atom. The van der Waals surface area contributed by atoms with Crippen LogP contribution in [0.25, 0.3) is 0 Å². The molecular weight excluding hydrogens is 215 g/mol. The summed E-state index contributed by atoms with van der Waals surface area (Å²) in [6.07, 6.45) is 0. The zero-order valence-corrected chi connectivity index (χ0v) is 8.62. The average molecular weight is 226 g/mol. The number of hydroxylamine groups is 1. The molecule has 6 heteroatoms. The maximum Gasteiger partial charge on any atom is 0.274 e. The van der Waals surface area contributed by atoms with Crippen molar-refractivity contribution in [2.75, 3.05) is 13.7 Å². The topological polar surface area (TPSA) is 67.4 Å². The Balaban J connectivity index is 2.41. The first-order chi connectivity index (χ1) is 7.63. The normalized spacial score (nSPS) is 9.62. The minimum atomic E-state index is -0.538. The van der Waals surface area contributed by atoms with Crippen LogP contribution in [0.2, 0.25) is 0 Å². The molecule has 0 aliphatic heterocycles. The van der Waals surface area contributed by atoms with Gasteiger partial charge in [-0.15, -0.1) is 0 Å². The first-order valence-electron chi connectivity index (χ1n) is 4.51. The van der Waals surface area contributed by atoms with Crippen LogP contribution in [0.1, 0.15) is 10.4 Å². The number of likely N-dealkylation sites (N-methyl/N-ethyl adjacent to an activating group) is 1. The van der Waals surface area contributed by atoms with Crippen LogP contribution in [-0.2, 0) is 9.63 Å². The number of nitrogens with one attached hydrogen (secondary N) is 2. The van der Waals surface area contributed by atoms with Crippen LogP contribution >= 0.6 is 0 Å². The Bertz CT molecular complexity index is 378. The van der Waals surface area contributed by atoms with E-state index in [4.69, 9.17) is 0 Å². The van der Waals surface area contributed by atoms with Gasteiger partial charge in [0.2, 0.25) is 5.91 Å². The molecular formula is C10H11FN2O3. The van der Waals surface area contributed by atoms with Gasteiger partial charge in [-0.25, -0.2) is 9.87 Å². The summed E-state index contributed by atoms with van der Waals surface area (Å²) in [4.78, 5) is 26.7. The smallest absolute Gasteiger partial charge is 0.274 e. The van der Waals surface area contributed by atoms with Crippen molar-refractivity contribution in [2.24, 2.45) is 0 Å². The highest BCUT2D eigenvalue weighted by molar-refractivity contribution is 5.93. The Morgan fingerprint density at radius 1 is 1.31 bits per heavy atom. The van der Waals surface area contributed by atoms with Gasteiger partial charge in [-0.1, -0.05) is 0 Å². The lowest BCUT2D eigenvalue weighted by Crippen LogP contribution is -2.31. The van der Waals surface area contributed by atoms with E-state index < -0.39 is 11.7 Å². The summed E-state index contributed by atoms with van der Waals surface area (Å²) in [7, 11) is 1.45. The Kier molecular flexibility index (Phi) is 4.41. The van der Waals surface area contributed by atoms with Gasteiger partial charge in [-0.3, -0.25) is 14.4 Å². The molecule has 1 aromatic carbocycles. The van der Waals surface area contributed by atoms with Crippen LogP contribution in [0.5, 0.6) is 0 Å². The highest BCUT2D eigenvalue weighted by Gasteiger charge is 2.06. The summed E-state index contributed by atoms with van der Waals surface area (Å²) in [5.74, 6) is -1.33. The Morgan fingerprint density at radius 3 is 2.50 bits per heavy atom. The first-order valence-corrected chi connectivity index (χ1v) is 4.51. The first kappa shape index (κ1) is 12.1. The van der Waals surface area contributed by atoms with Gasteiger partial charge in [-0.2, -0.15) is 0 Å². The highest BCUT2D eigenvalue weighted by atomic mass is 19.1. The molecule has 0 aliphatic rings. The predicted octanol–water partition coefficient (Wildman–Crippen LogP) is 0.233. The quantitative estimate of drug-likeness (QED) is 0.722. The largest absolute Gasteiger partial charge is 0.357 e. The lowest BCUT2D eigenvalue weighted by molar-refractivity contribution is -0.126. The number of hydrogen-bond donors (Lipinski definition) is 2. The molecule has 16 heavy (non-hydrogen) atoms. The number of hydrogen-bond acceptors (Lipinski definition) is 3. The number of carbonyl (C=O) groups is 2. The van der Waals surface area contributed by atoms with E-state index in [1.165, 1.54) is 19.2 Å². The molecule has 0 bridgehead atoms. The predicted molar refractivity (Wildman–Crippen MR) is 53.9 cm³/mol. The molecule has 0 spiro atoms. The average Bonchev–Trinajstić information content (AvgIpc) is 2.29. The van der Waals surface area contributed by atoms with Crippen molar-refractivity contribution >= 4 is 11.8 Å². The van der Waals surface area contributed by atoms with Crippen LogP contribution in [0.15, 0.2) is 24.3 Å². The third kappa shape index (κ3) is 3.66. The molecule has 0 saturated heterocycles. The lowest BCUT2D eigenvalue weighted by Gasteiger charge is -2.04. The van der Waals surface area contributed by atoms with Crippen molar-refractivity contribution < 1.29 is 18.8 Å². The third-order valence-corrected chi connectivity index (χ3v) is 1.75. The zero-order valence-electron chi connectivity index (χ0n) is 8.62. The Labute approximate surface area is 91.5 Å². The van der Waals surface area contributed by atoms with Crippen LogP contribution in [-0.4, -0.2) is 25.5 Å². The maximum atomic E-state index is 12.5.